The van der Waals surface area contributed by atoms with Gasteiger partial charge in [0.2, 0.25) is 5.89 Å². The molecule has 0 atom stereocenters. The molecule has 4 rings (SSSR count). The first-order chi connectivity index (χ1) is 15.5. The molecule has 2 aromatic heterocycles. The van der Waals surface area contributed by atoms with E-state index in [1.54, 1.807) is 42.8 Å². The fourth-order valence-electron chi connectivity index (χ4n) is 3.15. The van der Waals surface area contributed by atoms with Gasteiger partial charge in [0.1, 0.15) is 23.8 Å². The van der Waals surface area contributed by atoms with Gasteiger partial charge in [-0.15, -0.1) is 5.10 Å². The van der Waals surface area contributed by atoms with Crippen molar-refractivity contribution in [2.24, 2.45) is 0 Å². The number of aromatic nitrogens is 4. The quantitative estimate of drug-likeness (QED) is 0.366. The van der Waals surface area contributed by atoms with E-state index in [-0.39, 0.29) is 12.3 Å². The Labute approximate surface area is 189 Å². The van der Waals surface area contributed by atoms with Crippen LogP contribution in [0.15, 0.2) is 52.9 Å². The summed E-state index contributed by atoms with van der Waals surface area (Å²) in [7, 11) is 0. The van der Waals surface area contributed by atoms with E-state index >= 15 is 0 Å². The van der Waals surface area contributed by atoms with Crippen molar-refractivity contribution in [3.05, 3.63) is 76.4 Å². The van der Waals surface area contributed by atoms with E-state index in [1.807, 2.05) is 31.2 Å². The summed E-state index contributed by atoms with van der Waals surface area (Å²) >= 11 is 5.93. The van der Waals surface area contributed by atoms with Crippen LogP contribution in [-0.2, 0) is 11.3 Å². The maximum atomic E-state index is 12.6. The number of rotatable bonds is 7. The highest BCUT2D eigenvalue weighted by atomic mass is 35.5. The monoisotopic (exact) mass is 452 g/mol. The van der Waals surface area contributed by atoms with Crippen LogP contribution in [0.25, 0.3) is 17.1 Å². The van der Waals surface area contributed by atoms with Gasteiger partial charge in [0.25, 0.3) is 0 Å². The number of hydrogen-bond acceptors (Lipinski definition) is 7. The average molecular weight is 453 g/mol. The molecule has 0 amide bonds. The molecule has 0 saturated carbocycles. The standard InChI is InChI=1S/C23H21ClN4O4/c1-4-30-20-8-6-5-7-18(20)22-25-19(15(3)32-22)13-31-23(29)21-14(2)28(27-26-21)17-11-9-16(24)10-12-17/h5-12H,4,13H2,1-3H3. The van der Waals surface area contributed by atoms with Gasteiger partial charge in [-0.2, -0.15) is 0 Å². The van der Waals surface area contributed by atoms with Crippen molar-refractivity contribution >= 4 is 17.6 Å². The van der Waals surface area contributed by atoms with Crippen molar-refractivity contribution in [3.63, 3.8) is 0 Å². The molecule has 0 aliphatic carbocycles. The molecule has 0 aliphatic heterocycles. The summed E-state index contributed by atoms with van der Waals surface area (Å²) in [6.07, 6.45) is 0. The second-order valence-corrected chi connectivity index (χ2v) is 7.38. The van der Waals surface area contributed by atoms with Gasteiger partial charge in [0.05, 0.1) is 23.6 Å². The Morgan fingerprint density at radius 3 is 2.62 bits per heavy atom. The number of esters is 1. The van der Waals surface area contributed by atoms with Crippen LogP contribution < -0.4 is 4.74 Å². The molecule has 0 bridgehead atoms. The lowest BCUT2D eigenvalue weighted by atomic mass is 10.2. The lowest BCUT2D eigenvalue weighted by Gasteiger charge is -2.06. The molecule has 0 radical (unpaired) electrons. The SMILES string of the molecule is CCOc1ccccc1-c1nc(COC(=O)c2nnn(-c3ccc(Cl)cc3)c2C)c(C)o1. The number of oxazole rings is 1. The largest absolute Gasteiger partial charge is 0.493 e. The molecule has 2 aromatic carbocycles. The maximum absolute atomic E-state index is 12.6. The van der Waals surface area contributed by atoms with E-state index in [0.717, 1.165) is 11.3 Å². The van der Waals surface area contributed by atoms with Crippen LogP contribution in [0, 0.1) is 13.8 Å². The topological polar surface area (TPSA) is 92.3 Å². The van der Waals surface area contributed by atoms with Crippen molar-refractivity contribution < 1.29 is 18.7 Å². The number of carbonyl (C=O) groups excluding carboxylic acids is 1. The third-order valence-corrected chi connectivity index (χ3v) is 5.06. The van der Waals surface area contributed by atoms with Crippen LogP contribution in [0.4, 0.5) is 0 Å². The van der Waals surface area contributed by atoms with Gasteiger partial charge < -0.3 is 13.9 Å². The van der Waals surface area contributed by atoms with Crippen molar-refractivity contribution in [1.82, 2.24) is 20.0 Å². The minimum atomic E-state index is -0.596. The molecule has 32 heavy (non-hydrogen) atoms. The highest BCUT2D eigenvalue weighted by Crippen LogP contribution is 2.30. The van der Waals surface area contributed by atoms with Crippen LogP contribution in [0.5, 0.6) is 5.75 Å². The Kier molecular flexibility index (Phi) is 6.23. The molecule has 0 aliphatic rings. The number of ether oxygens (including phenoxy) is 2. The Balaban J connectivity index is 1.49. The van der Waals surface area contributed by atoms with Crippen LogP contribution in [0.1, 0.15) is 34.6 Å². The summed E-state index contributed by atoms with van der Waals surface area (Å²) in [4.78, 5) is 17.1. The van der Waals surface area contributed by atoms with E-state index in [0.29, 0.717) is 40.4 Å². The summed E-state index contributed by atoms with van der Waals surface area (Å²) in [6, 6.07) is 14.5. The van der Waals surface area contributed by atoms with Crippen LogP contribution in [-0.4, -0.2) is 32.6 Å². The van der Waals surface area contributed by atoms with Gasteiger partial charge >= 0.3 is 5.97 Å². The minimum absolute atomic E-state index is 0.0573. The van der Waals surface area contributed by atoms with Gasteiger partial charge in [0, 0.05) is 5.02 Å². The van der Waals surface area contributed by atoms with Crippen LogP contribution in [0.2, 0.25) is 5.02 Å². The van der Waals surface area contributed by atoms with E-state index in [2.05, 4.69) is 15.3 Å². The lowest BCUT2D eigenvalue weighted by molar-refractivity contribution is 0.0459. The third kappa shape index (κ3) is 4.36. The fourth-order valence-corrected chi connectivity index (χ4v) is 3.28. The third-order valence-electron chi connectivity index (χ3n) is 4.81. The zero-order chi connectivity index (χ0) is 22.7. The number of benzene rings is 2. The molecular formula is C23H21ClN4O4. The van der Waals surface area contributed by atoms with Gasteiger partial charge in [-0.25, -0.2) is 14.5 Å². The summed E-state index contributed by atoms with van der Waals surface area (Å²) in [6.45, 7) is 5.89. The molecule has 0 fully saturated rings. The van der Waals surface area contributed by atoms with Crippen molar-refractivity contribution in [3.8, 4) is 22.9 Å². The van der Waals surface area contributed by atoms with Crippen molar-refractivity contribution in [2.75, 3.05) is 6.61 Å². The molecular weight excluding hydrogens is 432 g/mol. The van der Waals surface area contributed by atoms with Crippen molar-refractivity contribution in [1.29, 1.82) is 0 Å². The zero-order valence-corrected chi connectivity index (χ0v) is 18.6. The van der Waals surface area contributed by atoms with Gasteiger partial charge in [0.15, 0.2) is 5.69 Å². The van der Waals surface area contributed by atoms with Gasteiger partial charge in [-0.3, -0.25) is 0 Å². The van der Waals surface area contributed by atoms with Gasteiger partial charge in [-0.05, 0) is 57.2 Å². The van der Waals surface area contributed by atoms with Crippen molar-refractivity contribution in [2.45, 2.75) is 27.4 Å². The molecule has 8 nitrogen and oxygen atoms in total. The Hall–Kier alpha value is -3.65. The Bertz CT molecular complexity index is 1250. The van der Waals surface area contributed by atoms with Gasteiger partial charge in [-0.1, -0.05) is 28.9 Å². The smallest absolute Gasteiger partial charge is 0.361 e. The number of aryl methyl sites for hydroxylation is 1. The van der Waals surface area contributed by atoms with E-state index in [4.69, 9.17) is 25.5 Å². The summed E-state index contributed by atoms with van der Waals surface area (Å²) in [5.74, 6) is 1.04. The molecule has 0 saturated heterocycles. The number of nitrogens with zero attached hydrogens (tertiary/aromatic N) is 4. The van der Waals surface area contributed by atoms with E-state index in [1.165, 1.54) is 0 Å². The second kappa shape index (κ2) is 9.23. The summed E-state index contributed by atoms with van der Waals surface area (Å²) in [5, 5.41) is 8.64. The molecule has 2 heterocycles. The molecule has 0 spiro atoms. The summed E-state index contributed by atoms with van der Waals surface area (Å²) in [5.41, 5.74) is 2.67. The van der Waals surface area contributed by atoms with E-state index in [9.17, 15) is 4.79 Å². The summed E-state index contributed by atoms with van der Waals surface area (Å²) < 4.78 is 18.4. The van der Waals surface area contributed by atoms with Crippen LogP contribution in [0.3, 0.4) is 0 Å². The van der Waals surface area contributed by atoms with E-state index < -0.39 is 5.97 Å². The number of halogens is 1. The highest BCUT2D eigenvalue weighted by molar-refractivity contribution is 6.30. The second-order valence-electron chi connectivity index (χ2n) is 6.94. The molecule has 164 valence electrons. The first kappa shape index (κ1) is 21.6. The van der Waals surface area contributed by atoms with Crippen LogP contribution >= 0.6 is 11.6 Å². The zero-order valence-electron chi connectivity index (χ0n) is 17.8. The first-order valence-corrected chi connectivity index (χ1v) is 10.4. The Morgan fingerprint density at radius 1 is 1.12 bits per heavy atom. The first-order valence-electron chi connectivity index (χ1n) is 10.0. The average Bonchev–Trinajstić information content (AvgIpc) is 3.36. The fraction of sp³-hybridized carbons (Fsp3) is 0.217. The number of hydrogen-bond donors (Lipinski definition) is 0. The Morgan fingerprint density at radius 2 is 1.88 bits per heavy atom. The lowest BCUT2D eigenvalue weighted by Crippen LogP contribution is -2.09. The molecule has 9 heteroatoms. The predicted molar refractivity (Wildman–Crippen MR) is 118 cm³/mol. The molecule has 4 aromatic rings. The highest BCUT2D eigenvalue weighted by Gasteiger charge is 2.21. The molecule has 0 N–H and O–H groups in total. The number of para-hydroxylation sites is 1. The maximum Gasteiger partial charge on any atom is 0.361 e. The normalized spacial score (nSPS) is 10.9. The predicted octanol–water partition coefficient (Wildman–Crippen LogP) is 4.95. The minimum Gasteiger partial charge on any atom is -0.493 e. The molecule has 0 unspecified atom stereocenters. The number of carbonyl (C=O) groups is 1.